The van der Waals surface area contributed by atoms with Crippen molar-refractivity contribution >= 4 is 11.7 Å². The lowest BCUT2D eigenvalue weighted by atomic mass is 9.97. The largest absolute Gasteiger partial charge is 0.361 e. The Hall–Kier alpha value is -2.44. The second-order valence-electron chi connectivity index (χ2n) is 7.39. The van der Waals surface area contributed by atoms with E-state index < -0.39 is 0 Å². The van der Waals surface area contributed by atoms with Crippen molar-refractivity contribution in [3.05, 3.63) is 35.3 Å². The van der Waals surface area contributed by atoms with Gasteiger partial charge in [-0.1, -0.05) is 12.1 Å². The molecule has 0 unspecified atom stereocenters. The fourth-order valence-electron chi connectivity index (χ4n) is 4.63. The van der Waals surface area contributed by atoms with Crippen LogP contribution >= 0.6 is 0 Å². The van der Waals surface area contributed by atoms with E-state index in [1.165, 1.54) is 0 Å². The molecule has 0 N–H and O–H groups in total. The molecule has 2 fully saturated rings. The zero-order valence-corrected chi connectivity index (χ0v) is 15.6. The summed E-state index contributed by atoms with van der Waals surface area (Å²) >= 11 is 0. The minimum atomic E-state index is 0.0657. The van der Waals surface area contributed by atoms with Gasteiger partial charge in [-0.15, -0.1) is 5.10 Å². The lowest BCUT2D eigenvalue weighted by molar-refractivity contribution is 0.0776. The maximum Gasteiger partial charge on any atom is 0.259 e. The first-order chi connectivity index (χ1) is 12.6. The Morgan fingerprint density at radius 3 is 2.96 bits per heavy atom. The van der Waals surface area contributed by atoms with Crippen molar-refractivity contribution in [3.8, 4) is 0 Å². The number of likely N-dealkylation sites (tertiary alicyclic amines) is 1. The molecule has 1 aliphatic carbocycles. The molecule has 1 aliphatic heterocycles. The van der Waals surface area contributed by atoms with Gasteiger partial charge in [0.25, 0.3) is 5.91 Å². The Balaban J connectivity index is 1.51. The first-order valence-electron chi connectivity index (χ1n) is 9.35. The number of hydrogen-bond donors (Lipinski definition) is 0. The van der Waals surface area contributed by atoms with Crippen LogP contribution < -0.4 is 4.90 Å². The molecule has 0 spiro atoms. The van der Waals surface area contributed by atoms with Crippen LogP contribution in [0.25, 0.3) is 0 Å². The number of aromatic nitrogens is 3. The summed E-state index contributed by atoms with van der Waals surface area (Å²) in [6, 6.07) is 4.30. The molecule has 3 atom stereocenters. The van der Waals surface area contributed by atoms with Crippen molar-refractivity contribution in [1.82, 2.24) is 20.3 Å². The number of fused-ring (bicyclic) bond motifs is 1. The number of aryl methyl sites for hydroxylation is 2. The third kappa shape index (κ3) is 2.75. The van der Waals surface area contributed by atoms with Crippen LogP contribution in [0.15, 0.2) is 22.9 Å². The highest BCUT2D eigenvalue weighted by Crippen LogP contribution is 2.41. The highest BCUT2D eigenvalue weighted by atomic mass is 16.5. The summed E-state index contributed by atoms with van der Waals surface area (Å²) in [5.41, 5.74) is 1.42. The fourth-order valence-corrected chi connectivity index (χ4v) is 4.63. The summed E-state index contributed by atoms with van der Waals surface area (Å²) in [6.07, 6.45) is 4.68. The average Bonchev–Trinajstić information content (AvgIpc) is 3.35. The standard InChI is InChI=1S/C19H25N5O2/c1-4-15-18(12(2)26-22-15)19(25)24-10-13-7-8-16(14(13)11-24)23(3)17-6-5-9-20-21-17/h5-6,9,13-14,16H,4,7-8,10-11H2,1-3H3/t13-,14+,16-/m1/s1. The van der Waals surface area contributed by atoms with E-state index >= 15 is 0 Å². The minimum absolute atomic E-state index is 0.0657. The Morgan fingerprint density at radius 2 is 2.23 bits per heavy atom. The third-order valence-corrected chi connectivity index (χ3v) is 6.01. The second-order valence-corrected chi connectivity index (χ2v) is 7.39. The van der Waals surface area contributed by atoms with Crippen molar-refractivity contribution in [1.29, 1.82) is 0 Å². The minimum Gasteiger partial charge on any atom is -0.361 e. The molecule has 2 aliphatic rings. The van der Waals surface area contributed by atoms with Crippen molar-refractivity contribution in [3.63, 3.8) is 0 Å². The van der Waals surface area contributed by atoms with E-state index in [1.807, 2.05) is 30.9 Å². The molecule has 7 nitrogen and oxygen atoms in total. The lowest BCUT2D eigenvalue weighted by Gasteiger charge is -2.30. The highest BCUT2D eigenvalue weighted by molar-refractivity contribution is 5.96. The van der Waals surface area contributed by atoms with Gasteiger partial charge in [-0.25, -0.2) is 0 Å². The Morgan fingerprint density at radius 1 is 1.38 bits per heavy atom. The molecular weight excluding hydrogens is 330 g/mol. The number of amides is 1. The molecule has 1 saturated carbocycles. The molecular formula is C19H25N5O2. The quantitative estimate of drug-likeness (QED) is 0.838. The summed E-state index contributed by atoms with van der Waals surface area (Å²) in [4.78, 5) is 17.3. The second kappa shape index (κ2) is 6.70. The van der Waals surface area contributed by atoms with E-state index in [1.54, 1.807) is 6.20 Å². The van der Waals surface area contributed by atoms with E-state index in [9.17, 15) is 4.79 Å². The van der Waals surface area contributed by atoms with Crippen molar-refractivity contribution in [2.75, 3.05) is 25.0 Å². The van der Waals surface area contributed by atoms with Gasteiger partial charge in [-0.05, 0) is 44.2 Å². The number of carbonyl (C=O) groups excluding carboxylic acids is 1. The van der Waals surface area contributed by atoms with E-state index in [-0.39, 0.29) is 5.91 Å². The molecule has 138 valence electrons. The van der Waals surface area contributed by atoms with Gasteiger partial charge >= 0.3 is 0 Å². The van der Waals surface area contributed by atoms with Gasteiger partial charge < -0.3 is 14.3 Å². The van der Waals surface area contributed by atoms with Gasteiger partial charge in [-0.2, -0.15) is 5.10 Å². The van der Waals surface area contributed by atoms with E-state index in [4.69, 9.17) is 4.52 Å². The van der Waals surface area contributed by atoms with E-state index in [0.717, 1.165) is 37.4 Å². The summed E-state index contributed by atoms with van der Waals surface area (Å²) in [7, 11) is 2.08. The predicted octanol–water partition coefficient (Wildman–Crippen LogP) is 2.32. The Kier molecular flexibility index (Phi) is 4.38. The van der Waals surface area contributed by atoms with Crippen LogP contribution in [0.5, 0.6) is 0 Å². The van der Waals surface area contributed by atoms with Gasteiger partial charge in [0.2, 0.25) is 0 Å². The first kappa shape index (κ1) is 17.0. The van der Waals surface area contributed by atoms with Crippen LogP contribution in [0.1, 0.15) is 41.6 Å². The highest BCUT2D eigenvalue weighted by Gasteiger charge is 2.46. The van der Waals surface area contributed by atoms with Gasteiger partial charge in [0.05, 0.1) is 5.69 Å². The molecule has 4 rings (SSSR count). The monoisotopic (exact) mass is 355 g/mol. The maximum atomic E-state index is 13.1. The third-order valence-electron chi connectivity index (χ3n) is 6.01. The van der Waals surface area contributed by atoms with Gasteiger partial charge in [0, 0.05) is 38.3 Å². The Labute approximate surface area is 153 Å². The lowest BCUT2D eigenvalue weighted by Crippen LogP contribution is -2.39. The summed E-state index contributed by atoms with van der Waals surface area (Å²) in [5, 5.41) is 12.3. The number of anilines is 1. The van der Waals surface area contributed by atoms with Gasteiger partial charge in [0.15, 0.2) is 5.82 Å². The summed E-state index contributed by atoms with van der Waals surface area (Å²) < 4.78 is 5.26. The summed E-state index contributed by atoms with van der Waals surface area (Å²) in [5.74, 6) is 2.60. The van der Waals surface area contributed by atoms with E-state index in [2.05, 4.69) is 27.3 Å². The normalized spacial score (nSPS) is 24.7. The molecule has 2 aromatic rings. The van der Waals surface area contributed by atoms with Crippen LogP contribution in [0.3, 0.4) is 0 Å². The molecule has 1 saturated heterocycles. The number of hydrogen-bond acceptors (Lipinski definition) is 6. The summed E-state index contributed by atoms with van der Waals surface area (Å²) in [6.45, 7) is 5.42. The van der Waals surface area contributed by atoms with Crippen molar-refractivity contribution < 1.29 is 9.32 Å². The van der Waals surface area contributed by atoms with Crippen LogP contribution in [0.2, 0.25) is 0 Å². The van der Waals surface area contributed by atoms with E-state index in [0.29, 0.717) is 35.6 Å². The Bertz CT molecular complexity index is 790. The SMILES string of the molecule is CCc1noc(C)c1C(=O)N1C[C@H]2CC[C@@H](N(C)c3cccnn3)[C@H]2C1. The molecule has 0 bridgehead atoms. The first-order valence-corrected chi connectivity index (χ1v) is 9.35. The number of rotatable bonds is 4. The smallest absolute Gasteiger partial charge is 0.259 e. The van der Waals surface area contributed by atoms with Crippen LogP contribution in [0, 0.1) is 18.8 Å². The van der Waals surface area contributed by atoms with Gasteiger partial charge in [0.1, 0.15) is 11.3 Å². The molecule has 0 radical (unpaired) electrons. The average molecular weight is 355 g/mol. The molecule has 26 heavy (non-hydrogen) atoms. The van der Waals surface area contributed by atoms with Crippen LogP contribution in [-0.2, 0) is 6.42 Å². The fraction of sp³-hybridized carbons (Fsp3) is 0.579. The van der Waals surface area contributed by atoms with Crippen LogP contribution in [-0.4, -0.2) is 52.3 Å². The van der Waals surface area contributed by atoms with Gasteiger partial charge in [-0.3, -0.25) is 4.79 Å². The zero-order chi connectivity index (χ0) is 18.3. The number of carbonyl (C=O) groups is 1. The molecule has 0 aromatic carbocycles. The zero-order valence-electron chi connectivity index (χ0n) is 15.6. The molecule has 3 heterocycles. The maximum absolute atomic E-state index is 13.1. The van der Waals surface area contributed by atoms with Crippen LogP contribution in [0.4, 0.5) is 5.82 Å². The molecule has 1 amide bonds. The van der Waals surface area contributed by atoms with Crippen molar-refractivity contribution in [2.24, 2.45) is 11.8 Å². The molecule has 2 aromatic heterocycles. The molecule has 7 heteroatoms. The topological polar surface area (TPSA) is 75.4 Å². The predicted molar refractivity (Wildman–Crippen MR) is 97.0 cm³/mol. The number of nitrogens with zero attached hydrogens (tertiary/aromatic N) is 5. The van der Waals surface area contributed by atoms with Crippen molar-refractivity contribution in [2.45, 2.75) is 39.2 Å².